The smallest absolute Gasteiger partial charge is 0.306 e. The Bertz CT molecular complexity index is 571. The summed E-state index contributed by atoms with van der Waals surface area (Å²) in [5, 5.41) is 0. The van der Waals surface area contributed by atoms with Gasteiger partial charge < -0.3 is 14.3 Å². The molecule has 0 aliphatic rings. The minimum atomic E-state index is -0.0822. The van der Waals surface area contributed by atoms with Gasteiger partial charge in [-0.2, -0.15) is 0 Å². The molecule has 2 atom stereocenters. The van der Waals surface area contributed by atoms with Crippen LogP contribution in [-0.4, -0.2) is 29.9 Å². The van der Waals surface area contributed by atoms with Crippen molar-refractivity contribution in [3.63, 3.8) is 0 Å². The quantitative estimate of drug-likeness (QED) is 0.0663. The number of Topliss-reactive ketones (excluding diaryl/α,β-unsaturated/α-hetero) is 1. The number of ketones is 1. The van der Waals surface area contributed by atoms with Gasteiger partial charge in [0.2, 0.25) is 0 Å². The van der Waals surface area contributed by atoms with E-state index in [2.05, 4.69) is 6.58 Å². The van der Waals surface area contributed by atoms with Gasteiger partial charge in [0, 0.05) is 19.3 Å². The monoisotopic (exact) mass is 508 g/mol. The summed E-state index contributed by atoms with van der Waals surface area (Å²) in [5.74, 6) is 0.127. The molecule has 0 radical (unpaired) electrons. The molecule has 210 valence electrons. The third-order valence-corrected chi connectivity index (χ3v) is 6.59. The molecular formula is C31H56O5. The summed E-state index contributed by atoms with van der Waals surface area (Å²) >= 11 is 0. The van der Waals surface area contributed by atoms with Gasteiger partial charge in [-0.05, 0) is 78.6 Å². The topological polar surface area (TPSA) is 69.7 Å². The Labute approximate surface area is 222 Å². The number of carbonyl (C=O) groups is 3. The maximum absolute atomic E-state index is 12.0. The second-order valence-corrected chi connectivity index (χ2v) is 10.5. The molecule has 0 saturated heterocycles. The number of ether oxygens (including phenoxy) is 2. The van der Waals surface area contributed by atoms with Crippen LogP contribution < -0.4 is 0 Å². The third-order valence-electron chi connectivity index (χ3n) is 6.59. The highest BCUT2D eigenvalue weighted by molar-refractivity contribution is 5.75. The molecule has 2 unspecified atom stereocenters. The number of esters is 2. The first-order valence-electron chi connectivity index (χ1n) is 14.8. The zero-order valence-electron chi connectivity index (χ0n) is 23.8. The van der Waals surface area contributed by atoms with Crippen LogP contribution in [0.1, 0.15) is 156 Å². The first kappa shape index (κ1) is 34.4. The van der Waals surface area contributed by atoms with Crippen molar-refractivity contribution >= 4 is 17.7 Å². The van der Waals surface area contributed by atoms with Gasteiger partial charge in [0.05, 0.1) is 12.2 Å². The van der Waals surface area contributed by atoms with Gasteiger partial charge in [-0.15, -0.1) is 6.58 Å². The molecule has 0 heterocycles. The molecule has 0 amide bonds. The molecule has 0 N–H and O–H groups in total. The van der Waals surface area contributed by atoms with Crippen LogP contribution in [-0.2, 0) is 23.9 Å². The van der Waals surface area contributed by atoms with Gasteiger partial charge in [-0.3, -0.25) is 9.59 Å². The molecule has 0 spiro atoms. The zero-order valence-corrected chi connectivity index (χ0v) is 23.8. The molecule has 0 rings (SSSR count). The van der Waals surface area contributed by atoms with Crippen LogP contribution in [0, 0.1) is 0 Å². The number of unbranched alkanes of at least 4 members (excludes halogenated alkanes) is 13. The molecule has 0 bridgehead atoms. The molecule has 36 heavy (non-hydrogen) atoms. The molecule has 5 nitrogen and oxygen atoms in total. The standard InChI is InChI=1S/C31H56O5/c1-5-6-7-8-9-15-20-25-30(33)35-29(4)24-19-14-11-16-21-26-31(34)36-28(3)23-18-13-10-12-17-22-27(2)32/h5,28-29H,1,6-26H2,2-4H3. The van der Waals surface area contributed by atoms with Crippen molar-refractivity contribution in [3.05, 3.63) is 12.7 Å². The largest absolute Gasteiger partial charge is 0.463 e. The van der Waals surface area contributed by atoms with Crippen molar-refractivity contribution < 1.29 is 23.9 Å². The number of hydrogen-bond acceptors (Lipinski definition) is 5. The van der Waals surface area contributed by atoms with E-state index in [0.29, 0.717) is 19.3 Å². The summed E-state index contributed by atoms with van der Waals surface area (Å²) in [5.41, 5.74) is 0. The van der Waals surface area contributed by atoms with Crippen LogP contribution in [0.3, 0.4) is 0 Å². The van der Waals surface area contributed by atoms with Gasteiger partial charge >= 0.3 is 11.9 Å². The van der Waals surface area contributed by atoms with Crippen LogP contribution in [0.15, 0.2) is 12.7 Å². The van der Waals surface area contributed by atoms with Crippen LogP contribution in [0.5, 0.6) is 0 Å². The lowest BCUT2D eigenvalue weighted by Crippen LogP contribution is -2.14. The second kappa shape index (κ2) is 25.0. The van der Waals surface area contributed by atoms with Crippen LogP contribution >= 0.6 is 0 Å². The molecule has 0 aromatic carbocycles. The number of rotatable bonds is 26. The zero-order chi connectivity index (χ0) is 26.9. The molecule has 0 aromatic rings. The predicted octanol–water partition coefficient (Wildman–Crippen LogP) is 8.82. The van der Waals surface area contributed by atoms with Crippen molar-refractivity contribution in [2.75, 3.05) is 0 Å². The average molecular weight is 509 g/mol. The Balaban J connectivity index is 3.52. The number of carbonyl (C=O) groups excluding carboxylic acids is 3. The molecule has 0 aliphatic heterocycles. The minimum absolute atomic E-state index is 0.0119. The maximum Gasteiger partial charge on any atom is 0.306 e. The summed E-state index contributed by atoms with van der Waals surface area (Å²) < 4.78 is 11.1. The van der Waals surface area contributed by atoms with E-state index in [4.69, 9.17) is 9.47 Å². The SMILES string of the molecule is C=CCCCCCCCC(=O)OC(C)CCCCCCCC(=O)OC(C)CCCCCCCC(C)=O. The van der Waals surface area contributed by atoms with Gasteiger partial charge in [0.1, 0.15) is 5.78 Å². The van der Waals surface area contributed by atoms with Crippen molar-refractivity contribution in [2.45, 2.75) is 168 Å². The maximum atomic E-state index is 12.0. The molecule has 0 saturated carbocycles. The molecule has 0 fully saturated rings. The molecule has 5 heteroatoms. The van der Waals surface area contributed by atoms with Crippen molar-refractivity contribution in [1.29, 1.82) is 0 Å². The van der Waals surface area contributed by atoms with Gasteiger partial charge in [0.15, 0.2) is 0 Å². The fraction of sp³-hybridized carbons (Fsp3) is 0.839. The van der Waals surface area contributed by atoms with E-state index < -0.39 is 0 Å². The van der Waals surface area contributed by atoms with Crippen molar-refractivity contribution in [2.24, 2.45) is 0 Å². The summed E-state index contributed by atoms with van der Waals surface area (Å²) in [7, 11) is 0. The highest BCUT2D eigenvalue weighted by Crippen LogP contribution is 2.14. The van der Waals surface area contributed by atoms with E-state index >= 15 is 0 Å². The summed E-state index contributed by atoms with van der Waals surface area (Å²) in [6.45, 7) is 9.35. The first-order valence-corrected chi connectivity index (χ1v) is 14.8. The first-order chi connectivity index (χ1) is 17.3. The van der Waals surface area contributed by atoms with Gasteiger partial charge in [-0.1, -0.05) is 63.9 Å². The van der Waals surface area contributed by atoms with E-state index in [-0.39, 0.29) is 29.9 Å². The minimum Gasteiger partial charge on any atom is -0.463 e. The Morgan fingerprint density at radius 2 is 0.944 bits per heavy atom. The normalized spacial score (nSPS) is 12.6. The number of hydrogen-bond donors (Lipinski definition) is 0. The van der Waals surface area contributed by atoms with Crippen LogP contribution in [0.25, 0.3) is 0 Å². The van der Waals surface area contributed by atoms with E-state index in [1.165, 1.54) is 19.3 Å². The van der Waals surface area contributed by atoms with Crippen molar-refractivity contribution in [3.8, 4) is 0 Å². The van der Waals surface area contributed by atoms with Crippen molar-refractivity contribution in [1.82, 2.24) is 0 Å². The van der Waals surface area contributed by atoms with Gasteiger partial charge in [0.25, 0.3) is 0 Å². The lowest BCUT2D eigenvalue weighted by atomic mass is 10.1. The number of allylic oxidation sites excluding steroid dienone is 1. The van der Waals surface area contributed by atoms with E-state index in [1.54, 1.807) is 6.92 Å². The summed E-state index contributed by atoms with van der Waals surface area (Å²) in [4.78, 5) is 34.9. The van der Waals surface area contributed by atoms with Crippen LogP contribution in [0.4, 0.5) is 0 Å². The fourth-order valence-electron chi connectivity index (χ4n) is 4.34. The Hall–Kier alpha value is -1.65. The molecule has 0 aromatic heterocycles. The van der Waals surface area contributed by atoms with E-state index in [1.807, 2.05) is 19.9 Å². The average Bonchev–Trinajstić information content (AvgIpc) is 2.82. The predicted molar refractivity (Wildman–Crippen MR) is 149 cm³/mol. The highest BCUT2D eigenvalue weighted by Gasteiger charge is 2.10. The molecule has 0 aliphatic carbocycles. The van der Waals surface area contributed by atoms with Gasteiger partial charge in [-0.25, -0.2) is 0 Å². The van der Waals surface area contributed by atoms with Crippen LogP contribution in [0.2, 0.25) is 0 Å². The molecular weight excluding hydrogens is 452 g/mol. The third kappa shape index (κ3) is 25.4. The second-order valence-electron chi connectivity index (χ2n) is 10.5. The van der Waals surface area contributed by atoms with E-state index in [0.717, 1.165) is 96.3 Å². The Morgan fingerprint density at radius 3 is 1.36 bits per heavy atom. The lowest BCUT2D eigenvalue weighted by Gasteiger charge is -2.14. The summed E-state index contributed by atoms with van der Waals surface area (Å²) in [6.07, 6.45) is 22.8. The van der Waals surface area contributed by atoms with E-state index in [9.17, 15) is 14.4 Å². The summed E-state index contributed by atoms with van der Waals surface area (Å²) in [6, 6.07) is 0. The lowest BCUT2D eigenvalue weighted by molar-refractivity contribution is -0.149. The highest BCUT2D eigenvalue weighted by atomic mass is 16.5. The fourth-order valence-corrected chi connectivity index (χ4v) is 4.34. The Kier molecular flexibility index (Phi) is 23.9. The Morgan fingerprint density at radius 1 is 0.583 bits per heavy atom.